The molecule has 1 aromatic carbocycles. The molecular weight excluding hydrogens is 574 g/mol. The molecule has 3 aromatic rings. The Kier molecular flexibility index (Phi) is 8.97. The number of carbonyl (C=O) groups excluding carboxylic acids is 3. The van der Waals surface area contributed by atoms with E-state index in [0.29, 0.717) is 25.3 Å². The van der Waals surface area contributed by atoms with E-state index < -0.39 is 24.2 Å². The third kappa shape index (κ3) is 6.63. The van der Waals surface area contributed by atoms with Gasteiger partial charge in [-0.3, -0.25) is 19.9 Å². The van der Waals surface area contributed by atoms with Crippen LogP contribution in [0.5, 0.6) is 0 Å². The number of methoxy groups -OCH3 is 1. The number of amides is 2. The Bertz CT molecular complexity index is 1560. The average molecular weight is 615 g/mol. The molecule has 0 radical (unpaired) electrons. The Labute approximate surface area is 262 Å². The number of nitrogens with zero attached hydrogens (tertiary/aromatic N) is 4. The van der Waals surface area contributed by atoms with Gasteiger partial charge in [0.1, 0.15) is 11.9 Å². The Hall–Kier alpha value is -4.13. The third-order valence-electron chi connectivity index (χ3n) is 9.10. The van der Waals surface area contributed by atoms with E-state index in [4.69, 9.17) is 4.74 Å². The number of likely N-dealkylation sites (tertiary alicyclic amines) is 1. The zero-order valence-electron chi connectivity index (χ0n) is 25.9. The van der Waals surface area contributed by atoms with Gasteiger partial charge in [-0.1, -0.05) is 32.0 Å². The van der Waals surface area contributed by atoms with Crippen molar-refractivity contribution in [3.05, 3.63) is 59.7 Å². The van der Waals surface area contributed by atoms with E-state index in [0.717, 1.165) is 58.5 Å². The summed E-state index contributed by atoms with van der Waals surface area (Å²) in [5.74, 6) is -0.0611. The Morgan fingerprint density at radius 2 is 1.89 bits per heavy atom. The van der Waals surface area contributed by atoms with E-state index in [1.54, 1.807) is 17.3 Å². The molecule has 238 valence electrons. The molecule has 12 heteroatoms. The Balaban J connectivity index is 1.11. The van der Waals surface area contributed by atoms with Gasteiger partial charge in [-0.15, -0.1) is 0 Å². The first-order valence-electron chi connectivity index (χ1n) is 15.7. The molecule has 2 aromatic heterocycles. The number of hydroxylamine groups is 1. The molecule has 3 N–H and O–H groups in total. The second kappa shape index (κ2) is 13.1. The maximum atomic E-state index is 13.5. The van der Waals surface area contributed by atoms with E-state index in [1.165, 1.54) is 7.11 Å². The van der Waals surface area contributed by atoms with Crippen LogP contribution in [-0.2, 0) is 14.3 Å². The highest BCUT2D eigenvalue weighted by Crippen LogP contribution is 2.34. The monoisotopic (exact) mass is 614 g/mol. The van der Waals surface area contributed by atoms with Gasteiger partial charge in [-0.2, -0.15) is 0 Å². The molecular formula is C33H40N7O5-. The van der Waals surface area contributed by atoms with Crippen LogP contribution in [0.3, 0.4) is 0 Å². The van der Waals surface area contributed by atoms with Gasteiger partial charge < -0.3 is 30.5 Å². The number of anilines is 1. The van der Waals surface area contributed by atoms with E-state index in [1.807, 2.05) is 50.2 Å². The standard InChI is InChI=1S/C33H40N7O5/c1-19(2)28(38-33(43)45-3)32(42)39-13-5-7-26(39)31(41)30-29(37-30)25-11-10-21(16-35-25)20-8-9-22-17-36-27(15-23(22)14-20)40(44)18-24-6-4-12-34-24/h8-11,14-17,19,24,26,28-30,34,37H,4-7,12-13,18H2,1-3H3,(H,38,43)/q-1/t24-,26-,28-,29?,30?/m0/s1. The molecule has 12 nitrogen and oxygen atoms in total. The van der Waals surface area contributed by atoms with Crippen molar-refractivity contribution in [1.29, 1.82) is 0 Å². The fourth-order valence-electron chi connectivity index (χ4n) is 6.46. The van der Waals surface area contributed by atoms with Crippen LogP contribution in [0.15, 0.2) is 48.8 Å². The fraction of sp³-hybridized carbons (Fsp3) is 0.485. The molecule has 0 spiro atoms. The van der Waals surface area contributed by atoms with Crippen molar-refractivity contribution in [3.63, 3.8) is 0 Å². The minimum atomic E-state index is -0.769. The quantitative estimate of drug-likeness (QED) is 0.228. The van der Waals surface area contributed by atoms with E-state index in [9.17, 15) is 19.6 Å². The van der Waals surface area contributed by atoms with Gasteiger partial charge in [0.15, 0.2) is 5.78 Å². The van der Waals surface area contributed by atoms with Crippen LogP contribution in [0.2, 0.25) is 0 Å². The van der Waals surface area contributed by atoms with Gasteiger partial charge in [-0.05, 0) is 67.3 Å². The number of benzene rings is 1. The van der Waals surface area contributed by atoms with Gasteiger partial charge in [0.2, 0.25) is 5.91 Å². The van der Waals surface area contributed by atoms with Crippen LogP contribution in [-0.4, -0.2) is 83.6 Å². The van der Waals surface area contributed by atoms with Crippen LogP contribution in [0.4, 0.5) is 10.6 Å². The summed E-state index contributed by atoms with van der Waals surface area (Å²) >= 11 is 0. The van der Waals surface area contributed by atoms with Gasteiger partial charge in [0.05, 0.1) is 30.9 Å². The fourth-order valence-corrected chi connectivity index (χ4v) is 6.46. The first kappa shape index (κ1) is 30.9. The van der Waals surface area contributed by atoms with Gasteiger partial charge in [0, 0.05) is 42.5 Å². The Morgan fingerprint density at radius 3 is 2.60 bits per heavy atom. The molecule has 2 amide bonds. The number of fused-ring (bicyclic) bond motifs is 1. The molecule has 3 saturated heterocycles. The van der Waals surface area contributed by atoms with Crippen molar-refractivity contribution < 1.29 is 19.1 Å². The van der Waals surface area contributed by atoms with E-state index >= 15 is 0 Å². The van der Waals surface area contributed by atoms with Gasteiger partial charge >= 0.3 is 6.09 Å². The average Bonchev–Trinajstić information content (AvgIpc) is 3.40. The number of pyridine rings is 2. The summed E-state index contributed by atoms with van der Waals surface area (Å²) in [4.78, 5) is 49.4. The largest absolute Gasteiger partial charge is 0.757 e. The highest BCUT2D eigenvalue weighted by molar-refractivity contribution is 5.97. The second-order valence-corrected chi connectivity index (χ2v) is 12.5. The highest BCUT2D eigenvalue weighted by Gasteiger charge is 2.50. The summed E-state index contributed by atoms with van der Waals surface area (Å²) in [6.45, 7) is 5.50. The molecule has 0 saturated carbocycles. The zero-order valence-corrected chi connectivity index (χ0v) is 25.9. The molecule has 45 heavy (non-hydrogen) atoms. The lowest BCUT2D eigenvalue weighted by Gasteiger charge is -2.32. The normalized spacial score (nSPS) is 23.3. The summed E-state index contributed by atoms with van der Waals surface area (Å²) in [6.07, 6.45) is 6.26. The summed E-state index contributed by atoms with van der Waals surface area (Å²) in [6, 6.07) is 9.99. The maximum absolute atomic E-state index is 13.5. The molecule has 3 fully saturated rings. The predicted octanol–water partition coefficient (Wildman–Crippen LogP) is 3.31. The molecule has 3 aliphatic rings. The Morgan fingerprint density at radius 1 is 1.07 bits per heavy atom. The topological polar surface area (TPSA) is 162 Å². The maximum Gasteiger partial charge on any atom is 0.407 e. The predicted molar refractivity (Wildman–Crippen MR) is 170 cm³/mol. The van der Waals surface area contributed by atoms with E-state index in [-0.39, 0.29) is 29.7 Å². The number of ether oxygens (including phenoxy) is 1. The first-order chi connectivity index (χ1) is 21.7. The minimum absolute atomic E-state index is 0.0348. The third-order valence-corrected chi connectivity index (χ3v) is 9.10. The van der Waals surface area contributed by atoms with Crippen molar-refractivity contribution in [3.8, 4) is 11.1 Å². The molecule has 0 bridgehead atoms. The molecule has 5 heterocycles. The van der Waals surface area contributed by atoms with Crippen LogP contribution in [0, 0.1) is 11.1 Å². The van der Waals surface area contributed by atoms with Crippen LogP contribution >= 0.6 is 0 Å². The number of hydrogen-bond donors (Lipinski definition) is 3. The van der Waals surface area contributed by atoms with Crippen LogP contribution < -0.4 is 21.0 Å². The molecule has 3 aliphatic heterocycles. The summed E-state index contributed by atoms with van der Waals surface area (Å²) < 4.78 is 4.70. The SMILES string of the molecule is COC(=O)N[C@H](C(=O)N1CCC[C@H]1C(=O)C1NC1c1ccc(-c2ccc3cnc(N([O-])C[C@@H]4CCCN4)cc3c2)cn1)C(C)C. The van der Waals surface area contributed by atoms with Crippen LogP contribution in [0.1, 0.15) is 51.3 Å². The smallest absolute Gasteiger partial charge is 0.407 e. The van der Waals surface area contributed by atoms with Gasteiger partial charge in [-0.25, -0.2) is 9.78 Å². The number of aromatic nitrogens is 2. The van der Waals surface area contributed by atoms with Crippen molar-refractivity contribution in [2.75, 3.05) is 31.8 Å². The number of alkyl carbamates (subject to hydrolysis) is 1. The van der Waals surface area contributed by atoms with Crippen molar-refractivity contribution in [2.24, 2.45) is 5.92 Å². The minimum Gasteiger partial charge on any atom is -0.757 e. The number of ketones is 1. The van der Waals surface area contributed by atoms with Crippen molar-refractivity contribution in [2.45, 2.75) is 69.7 Å². The molecule has 5 atom stereocenters. The molecule has 2 unspecified atom stereocenters. The second-order valence-electron chi connectivity index (χ2n) is 12.5. The number of rotatable bonds is 10. The van der Waals surface area contributed by atoms with Gasteiger partial charge in [0.25, 0.3) is 0 Å². The van der Waals surface area contributed by atoms with E-state index in [2.05, 4.69) is 25.9 Å². The van der Waals surface area contributed by atoms with Crippen molar-refractivity contribution in [1.82, 2.24) is 30.8 Å². The number of hydrogen-bond acceptors (Lipinski definition) is 10. The number of Topliss-reactive ketones (excluding diaryl/α,β-unsaturated/α-hetero) is 1. The molecule has 0 aliphatic carbocycles. The summed E-state index contributed by atoms with van der Waals surface area (Å²) in [7, 11) is 1.26. The number of nitrogens with one attached hydrogen (secondary N) is 3. The van der Waals surface area contributed by atoms with Crippen molar-refractivity contribution >= 4 is 34.4 Å². The summed E-state index contributed by atoms with van der Waals surface area (Å²) in [5.41, 5.74) is 2.64. The van der Waals surface area contributed by atoms with Crippen LogP contribution in [0.25, 0.3) is 21.9 Å². The zero-order chi connectivity index (χ0) is 31.7. The summed E-state index contributed by atoms with van der Waals surface area (Å²) in [5, 5.41) is 24.8. The first-order valence-corrected chi connectivity index (χ1v) is 15.7. The lowest BCUT2D eigenvalue weighted by Crippen LogP contribution is -2.54. The lowest BCUT2D eigenvalue weighted by atomic mass is 10.00. The highest BCUT2D eigenvalue weighted by atomic mass is 16.5. The molecule has 6 rings (SSSR count). The lowest BCUT2D eigenvalue weighted by molar-refractivity contribution is -0.139. The number of carbonyl (C=O) groups is 3.